The fourth-order valence-corrected chi connectivity index (χ4v) is 0.309. The van der Waals surface area contributed by atoms with Crippen LogP contribution >= 0.6 is 23.2 Å². The molecule has 0 spiro atoms. The maximum Gasteiger partial charge on any atom is 2.00 e. The van der Waals surface area contributed by atoms with E-state index in [1.807, 2.05) is 0 Å². The minimum Gasteiger partial charge on any atom is -0.545 e. The summed E-state index contributed by atoms with van der Waals surface area (Å²) in [6.45, 7) is 0. The Morgan fingerprint density at radius 1 is 0.923 bits per heavy atom. The van der Waals surface area contributed by atoms with E-state index in [9.17, 15) is 19.8 Å². The second-order valence-corrected chi connectivity index (χ2v) is 1.73. The van der Waals surface area contributed by atoms with Crippen molar-refractivity contribution < 1.29 is 39.3 Å². The van der Waals surface area contributed by atoms with Crippen molar-refractivity contribution in [3.63, 3.8) is 0 Å². The first-order valence-electron chi connectivity index (χ1n) is 2.50. The number of hydrogen-bond acceptors (Lipinski definition) is 4. The van der Waals surface area contributed by atoms with E-state index < -0.39 is 11.9 Å². The molecule has 68 valence electrons. The van der Waals surface area contributed by atoms with E-state index in [0.29, 0.717) is 0 Å². The van der Waals surface area contributed by atoms with Crippen molar-refractivity contribution in [3.8, 4) is 0 Å². The molecule has 0 amide bonds. The van der Waals surface area contributed by atoms with Gasteiger partial charge in [-0.3, -0.25) is 0 Å². The summed E-state index contributed by atoms with van der Waals surface area (Å²) >= 11 is 9.59. The molecule has 0 aromatic heterocycles. The van der Waals surface area contributed by atoms with Gasteiger partial charge in [-0.2, -0.15) is 0 Å². The molecule has 4 nitrogen and oxygen atoms in total. The van der Waals surface area contributed by atoms with Crippen molar-refractivity contribution in [2.24, 2.45) is 0 Å². The van der Waals surface area contributed by atoms with Gasteiger partial charge in [0.1, 0.15) is 0 Å². The first-order valence-corrected chi connectivity index (χ1v) is 3.37. The normalized spacial score (nSPS) is 8.77. The molecule has 0 heterocycles. The molecule has 0 saturated carbocycles. The van der Waals surface area contributed by atoms with Gasteiger partial charge >= 0.3 is 19.5 Å². The van der Waals surface area contributed by atoms with Crippen LogP contribution in [0, 0.1) is 0 Å². The van der Waals surface area contributed by atoms with Crippen molar-refractivity contribution >= 4 is 35.1 Å². The van der Waals surface area contributed by atoms with Gasteiger partial charge in [0.2, 0.25) is 0 Å². The third-order valence-corrected chi connectivity index (χ3v) is 0.650. The summed E-state index contributed by atoms with van der Waals surface area (Å²) in [5, 5.41) is 18.6. The van der Waals surface area contributed by atoms with E-state index in [4.69, 9.17) is 23.2 Å². The number of carboxylic acids is 2. The zero-order valence-corrected chi connectivity index (χ0v) is 10.9. The summed E-state index contributed by atoms with van der Waals surface area (Å²) in [5.41, 5.74) is 1.77. The van der Waals surface area contributed by atoms with Crippen LogP contribution in [-0.4, -0.2) is 11.9 Å². The van der Waals surface area contributed by atoms with Crippen LogP contribution in [0.5, 0.6) is 0 Å². The van der Waals surface area contributed by atoms with Crippen LogP contribution in [0.15, 0.2) is 23.2 Å². The van der Waals surface area contributed by atoms with Gasteiger partial charge in [-0.25, -0.2) is 0 Å². The topological polar surface area (TPSA) is 80.3 Å². The Labute approximate surface area is 97.6 Å². The summed E-state index contributed by atoms with van der Waals surface area (Å²) in [6, 6.07) is 0. The Kier molecular flexibility index (Phi) is 20.1. The van der Waals surface area contributed by atoms with Crippen LogP contribution in [0.4, 0.5) is 0 Å². The number of carbonyl (C=O) groups is 2. The summed E-state index contributed by atoms with van der Waals surface area (Å²) in [7, 11) is 0. The van der Waals surface area contributed by atoms with Gasteiger partial charge in [0.05, 0.1) is 11.9 Å². The third-order valence-electron chi connectivity index (χ3n) is 0.398. The maximum atomic E-state index is 9.32. The van der Waals surface area contributed by atoms with E-state index in [0.717, 1.165) is 23.2 Å². The molecule has 0 bridgehead atoms. The molecular weight excluding hydrogens is 272 g/mol. The minimum atomic E-state index is -1.27. The Hall–Kier alpha value is -0.377. The smallest absolute Gasteiger partial charge is 0.545 e. The fourth-order valence-electron chi connectivity index (χ4n) is 0.103. The predicted molar refractivity (Wildman–Crippen MR) is 40.0 cm³/mol. The van der Waals surface area contributed by atoms with Gasteiger partial charge in [0, 0.05) is 11.1 Å². The van der Waals surface area contributed by atoms with E-state index in [2.05, 4.69) is 0 Å². The van der Waals surface area contributed by atoms with Crippen LogP contribution < -0.4 is 10.2 Å². The average molecular weight is 276 g/mol. The minimum absolute atomic E-state index is 0. The zero-order valence-electron chi connectivity index (χ0n) is 6.41. The molecule has 0 radical (unpaired) electrons. The van der Waals surface area contributed by atoms with Gasteiger partial charge in [-0.05, 0) is 12.2 Å². The average Bonchev–Trinajstić information content (AvgIpc) is 1.87. The van der Waals surface area contributed by atoms with Crippen molar-refractivity contribution in [2.75, 3.05) is 0 Å². The molecule has 7 heteroatoms. The number of aliphatic carboxylic acids is 2. The Balaban J connectivity index is -0.000000143. The molecule has 0 atom stereocenters. The van der Waals surface area contributed by atoms with Crippen molar-refractivity contribution in [2.45, 2.75) is 0 Å². The first kappa shape index (κ1) is 18.4. The van der Waals surface area contributed by atoms with E-state index >= 15 is 0 Å². The Morgan fingerprint density at radius 2 is 1.15 bits per heavy atom. The van der Waals surface area contributed by atoms with Gasteiger partial charge in [0.15, 0.2) is 0 Å². The van der Waals surface area contributed by atoms with Gasteiger partial charge in [-0.15, -0.1) is 0 Å². The summed E-state index contributed by atoms with van der Waals surface area (Å²) < 4.78 is 0. The first-order chi connectivity index (χ1) is 5.54. The fraction of sp³-hybridized carbons (Fsp3) is 0. The molecule has 0 aromatic carbocycles. The largest absolute Gasteiger partial charge is 2.00 e. The van der Waals surface area contributed by atoms with Crippen molar-refractivity contribution in [1.82, 2.24) is 0 Å². The Bertz CT molecular complexity index is 181. The summed E-state index contributed by atoms with van der Waals surface area (Å²) in [4.78, 5) is 18.6. The van der Waals surface area contributed by atoms with Crippen molar-refractivity contribution in [1.29, 1.82) is 0 Å². The zero-order chi connectivity index (χ0) is 9.98. The van der Waals surface area contributed by atoms with E-state index in [-0.39, 0.29) is 19.5 Å². The van der Waals surface area contributed by atoms with Crippen LogP contribution in [0.3, 0.4) is 0 Å². The van der Waals surface area contributed by atoms with Crippen LogP contribution in [0.1, 0.15) is 0 Å². The third kappa shape index (κ3) is 34.0. The molecule has 0 fully saturated rings. The molecule has 0 N–H and O–H groups in total. The van der Waals surface area contributed by atoms with Crippen LogP contribution in [-0.2, 0) is 29.1 Å². The van der Waals surface area contributed by atoms with Crippen LogP contribution in [0.2, 0.25) is 0 Å². The second-order valence-electron chi connectivity index (χ2n) is 1.22. The molecule has 0 aliphatic rings. The number of carbonyl (C=O) groups excluding carboxylic acids is 2. The second kappa shape index (κ2) is 14.2. The molecule has 0 unspecified atom stereocenters. The predicted octanol–water partition coefficient (Wildman–Crippen LogP) is -1.02. The molecule has 0 rings (SSSR count). The molecule has 0 aliphatic heterocycles. The maximum absolute atomic E-state index is 9.32. The van der Waals surface area contributed by atoms with Crippen molar-refractivity contribution in [3.05, 3.63) is 23.2 Å². The quantitative estimate of drug-likeness (QED) is 0.477. The monoisotopic (exact) mass is 274 g/mol. The van der Waals surface area contributed by atoms with Crippen LogP contribution in [0.25, 0.3) is 0 Å². The van der Waals surface area contributed by atoms with E-state index in [1.165, 1.54) is 0 Å². The molecule has 0 aliphatic carbocycles. The standard InChI is InChI=1S/2C3H3ClO2.Zn/c2*4-2-1-3(5)6;/h2*1-2H,(H,5,6);/q;;+2/p-2. The van der Waals surface area contributed by atoms with Gasteiger partial charge in [0.25, 0.3) is 0 Å². The summed E-state index contributed by atoms with van der Waals surface area (Å²) in [5.74, 6) is -2.55. The SMILES string of the molecule is O=C([O-])C=CCl.O=C([O-])C=CCl.[Zn+2]. The number of halogens is 2. The Morgan fingerprint density at radius 3 is 1.15 bits per heavy atom. The summed E-state index contributed by atoms with van der Waals surface area (Å²) in [6.07, 6.45) is 1.48. The van der Waals surface area contributed by atoms with Gasteiger partial charge < -0.3 is 19.8 Å². The number of rotatable bonds is 2. The van der Waals surface area contributed by atoms with E-state index in [1.54, 1.807) is 0 Å². The molecule has 13 heavy (non-hydrogen) atoms. The number of carboxylic acid groups (broad SMARTS) is 2. The molecule has 0 saturated heterocycles. The number of hydrogen-bond donors (Lipinski definition) is 0. The van der Waals surface area contributed by atoms with Gasteiger partial charge in [-0.1, -0.05) is 23.2 Å². The molecule has 0 aromatic rings. The molecular formula is C6H4Cl2O4Zn.